The standard InChI is InChI=1S/C12H17NO6S/c1-3-19-7-6-13-20(16,17)11-8-9(12(14)15)4-5-10(11)18-2/h4-5,8,13H,3,6-7H2,1-2H3,(H,14,15). The number of hydrogen-bond acceptors (Lipinski definition) is 5. The van der Waals surface area contributed by atoms with Gasteiger partial charge in [0.05, 0.1) is 19.3 Å². The van der Waals surface area contributed by atoms with Gasteiger partial charge in [0.25, 0.3) is 0 Å². The maximum atomic E-state index is 12.1. The predicted octanol–water partition coefficient (Wildman–Crippen LogP) is 0.708. The normalized spacial score (nSPS) is 11.3. The third-order valence-electron chi connectivity index (χ3n) is 2.44. The van der Waals surface area contributed by atoms with Crippen molar-refractivity contribution in [1.29, 1.82) is 0 Å². The van der Waals surface area contributed by atoms with Gasteiger partial charge in [-0.2, -0.15) is 0 Å². The number of carbonyl (C=O) groups is 1. The van der Waals surface area contributed by atoms with Crippen molar-refractivity contribution in [1.82, 2.24) is 4.72 Å². The fourth-order valence-corrected chi connectivity index (χ4v) is 2.70. The lowest BCUT2D eigenvalue weighted by atomic mass is 10.2. The number of ether oxygens (including phenoxy) is 2. The number of carboxylic acids is 1. The van der Waals surface area contributed by atoms with Crippen LogP contribution in [-0.4, -0.2) is 46.4 Å². The first kappa shape index (κ1) is 16.4. The van der Waals surface area contributed by atoms with Crippen molar-refractivity contribution in [2.24, 2.45) is 0 Å². The minimum atomic E-state index is -3.86. The third-order valence-corrected chi connectivity index (χ3v) is 3.92. The molecule has 0 fully saturated rings. The van der Waals surface area contributed by atoms with Gasteiger partial charge in [-0.15, -0.1) is 0 Å². The molecule has 0 radical (unpaired) electrons. The quantitative estimate of drug-likeness (QED) is 0.686. The molecule has 7 nitrogen and oxygen atoms in total. The first-order valence-corrected chi connectivity index (χ1v) is 7.39. The molecular formula is C12H17NO6S. The van der Waals surface area contributed by atoms with Crippen molar-refractivity contribution < 1.29 is 27.8 Å². The van der Waals surface area contributed by atoms with Crippen LogP contribution in [0.25, 0.3) is 0 Å². The first-order valence-electron chi connectivity index (χ1n) is 5.91. The van der Waals surface area contributed by atoms with Crippen molar-refractivity contribution in [3.63, 3.8) is 0 Å². The topological polar surface area (TPSA) is 102 Å². The van der Waals surface area contributed by atoms with Gasteiger partial charge in [0.1, 0.15) is 10.6 Å². The molecule has 0 unspecified atom stereocenters. The van der Waals surface area contributed by atoms with E-state index in [0.717, 1.165) is 6.07 Å². The van der Waals surface area contributed by atoms with E-state index in [-0.39, 0.29) is 29.4 Å². The molecule has 1 aromatic carbocycles. The smallest absolute Gasteiger partial charge is 0.335 e. The summed E-state index contributed by atoms with van der Waals surface area (Å²) in [4.78, 5) is 10.7. The van der Waals surface area contributed by atoms with Crippen LogP contribution in [0.5, 0.6) is 5.75 Å². The number of sulfonamides is 1. The van der Waals surface area contributed by atoms with Crippen molar-refractivity contribution in [2.45, 2.75) is 11.8 Å². The van der Waals surface area contributed by atoms with Gasteiger partial charge in [0, 0.05) is 13.2 Å². The van der Waals surface area contributed by atoms with E-state index >= 15 is 0 Å². The second kappa shape index (κ2) is 7.22. The lowest BCUT2D eigenvalue weighted by molar-refractivity contribution is 0.0696. The van der Waals surface area contributed by atoms with Gasteiger partial charge in [-0.1, -0.05) is 0 Å². The number of hydrogen-bond donors (Lipinski definition) is 2. The third kappa shape index (κ3) is 4.19. The molecule has 20 heavy (non-hydrogen) atoms. The summed E-state index contributed by atoms with van der Waals surface area (Å²) in [6.07, 6.45) is 0. The van der Waals surface area contributed by atoms with Gasteiger partial charge >= 0.3 is 5.97 Å². The summed E-state index contributed by atoms with van der Waals surface area (Å²) >= 11 is 0. The van der Waals surface area contributed by atoms with Crippen LogP contribution in [0.3, 0.4) is 0 Å². The van der Waals surface area contributed by atoms with Crippen LogP contribution in [0, 0.1) is 0 Å². The van der Waals surface area contributed by atoms with Gasteiger partial charge in [0.2, 0.25) is 10.0 Å². The summed E-state index contributed by atoms with van der Waals surface area (Å²) < 4.78 is 36.5. The first-order chi connectivity index (χ1) is 9.42. The fraction of sp³-hybridized carbons (Fsp3) is 0.417. The van der Waals surface area contributed by atoms with Crippen molar-refractivity contribution >= 4 is 16.0 Å². The second-order valence-electron chi connectivity index (χ2n) is 3.77. The van der Waals surface area contributed by atoms with E-state index in [1.54, 1.807) is 6.92 Å². The van der Waals surface area contributed by atoms with Gasteiger partial charge in [-0.05, 0) is 25.1 Å². The molecule has 1 rings (SSSR count). The Morgan fingerprint density at radius 1 is 1.40 bits per heavy atom. The maximum absolute atomic E-state index is 12.1. The second-order valence-corrected chi connectivity index (χ2v) is 5.50. The van der Waals surface area contributed by atoms with Crippen LogP contribution in [0.15, 0.2) is 23.1 Å². The van der Waals surface area contributed by atoms with E-state index in [1.165, 1.54) is 19.2 Å². The Morgan fingerprint density at radius 2 is 2.10 bits per heavy atom. The number of rotatable bonds is 8. The number of methoxy groups -OCH3 is 1. The van der Waals surface area contributed by atoms with Crippen molar-refractivity contribution in [2.75, 3.05) is 26.9 Å². The Labute approximate surface area is 117 Å². The molecule has 0 heterocycles. The molecule has 0 spiro atoms. The highest BCUT2D eigenvalue weighted by Crippen LogP contribution is 2.24. The Morgan fingerprint density at radius 3 is 2.65 bits per heavy atom. The van der Waals surface area contributed by atoms with Gasteiger partial charge < -0.3 is 14.6 Å². The molecule has 0 saturated carbocycles. The predicted molar refractivity (Wildman–Crippen MR) is 71.6 cm³/mol. The van der Waals surface area contributed by atoms with Crippen LogP contribution in [0.1, 0.15) is 17.3 Å². The highest BCUT2D eigenvalue weighted by atomic mass is 32.2. The minimum Gasteiger partial charge on any atom is -0.495 e. The average molecular weight is 303 g/mol. The van der Waals surface area contributed by atoms with Gasteiger partial charge in [-0.25, -0.2) is 17.9 Å². The summed E-state index contributed by atoms with van der Waals surface area (Å²) in [6.45, 7) is 2.61. The summed E-state index contributed by atoms with van der Waals surface area (Å²) in [5.41, 5.74) is -0.129. The monoisotopic (exact) mass is 303 g/mol. The van der Waals surface area contributed by atoms with E-state index in [4.69, 9.17) is 14.6 Å². The largest absolute Gasteiger partial charge is 0.495 e. The van der Waals surface area contributed by atoms with Crippen molar-refractivity contribution in [3.8, 4) is 5.75 Å². The number of benzene rings is 1. The molecule has 8 heteroatoms. The van der Waals surface area contributed by atoms with Gasteiger partial charge in [-0.3, -0.25) is 0 Å². The Bertz CT molecular complexity index is 569. The van der Waals surface area contributed by atoms with E-state index < -0.39 is 16.0 Å². The molecule has 0 aromatic heterocycles. The molecule has 0 aliphatic heterocycles. The van der Waals surface area contributed by atoms with E-state index in [9.17, 15) is 13.2 Å². The molecule has 0 saturated heterocycles. The Hall–Kier alpha value is -1.64. The average Bonchev–Trinajstić information content (AvgIpc) is 2.42. The van der Waals surface area contributed by atoms with Crippen LogP contribution in [0.4, 0.5) is 0 Å². The Balaban J connectivity index is 3.02. The van der Waals surface area contributed by atoms with E-state index in [2.05, 4.69) is 4.72 Å². The molecule has 0 atom stereocenters. The van der Waals surface area contributed by atoms with Crippen LogP contribution in [0.2, 0.25) is 0 Å². The van der Waals surface area contributed by atoms with E-state index in [0.29, 0.717) is 6.61 Å². The lowest BCUT2D eigenvalue weighted by Gasteiger charge is -2.11. The van der Waals surface area contributed by atoms with Crippen LogP contribution >= 0.6 is 0 Å². The summed E-state index contributed by atoms with van der Waals surface area (Å²) in [6, 6.07) is 3.64. The van der Waals surface area contributed by atoms with Crippen LogP contribution in [-0.2, 0) is 14.8 Å². The zero-order valence-corrected chi connectivity index (χ0v) is 12.1. The molecular weight excluding hydrogens is 286 g/mol. The zero-order valence-electron chi connectivity index (χ0n) is 11.3. The number of aromatic carboxylic acids is 1. The number of carboxylic acid groups (broad SMARTS) is 1. The number of nitrogens with one attached hydrogen (secondary N) is 1. The van der Waals surface area contributed by atoms with E-state index in [1.807, 2.05) is 0 Å². The lowest BCUT2D eigenvalue weighted by Crippen LogP contribution is -2.28. The van der Waals surface area contributed by atoms with Crippen molar-refractivity contribution in [3.05, 3.63) is 23.8 Å². The molecule has 112 valence electrons. The zero-order chi connectivity index (χ0) is 15.2. The molecule has 0 bridgehead atoms. The highest BCUT2D eigenvalue weighted by Gasteiger charge is 2.21. The SMILES string of the molecule is CCOCCNS(=O)(=O)c1cc(C(=O)O)ccc1OC. The molecule has 0 aliphatic rings. The summed E-state index contributed by atoms with van der Waals surface area (Å²) in [7, 11) is -2.54. The fourth-order valence-electron chi connectivity index (χ4n) is 1.49. The molecule has 2 N–H and O–H groups in total. The maximum Gasteiger partial charge on any atom is 0.335 e. The van der Waals surface area contributed by atoms with Crippen LogP contribution < -0.4 is 9.46 Å². The summed E-state index contributed by atoms with van der Waals surface area (Å²) in [5.74, 6) is -1.13. The summed E-state index contributed by atoms with van der Waals surface area (Å²) in [5, 5.41) is 8.91. The molecule has 1 aromatic rings. The molecule has 0 aliphatic carbocycles. The highest BCUT2D eigenvalue weighted by molar-refractivity contribution is 7.89. The minimum absolute atomic E-state index is 0.0823. The van der Waals surface area contributed by atoms with Gasteiger partial charge in [0.15, 0.2) is 0 Å². The molecule has 0 amide bonds. The Kier molecular flexibility index (Phi) is 5.93.